The number of piperidine rings is 1. The van der Waals surface area contributed by atoms with Crippen LogP contribution in [0.2, 0.25) is 0 Å². The summed E-state index contributed by atoms with van der Waals surface area (Å²) in [5.41, 5.74) is 9.02. The van der Waals surface area contributed by atoms with Gasteiger partial charge in [-0.15, -0.1) is 0 Å². The van der Waals surface area contributed by atoms with E-state index in [4.69, 9.17) is 5.73 Å². The number of aromatic nitrogens is 4. The molecule has 1 aromatic carbocycles. The first kappa shape index (κ1) is 17.1. The van der Waals surface area contributed by atoms with Crippen molar-refractivity contribution >= 4 is 11.7 Å². The van der Waals surface area contributed by atoms with E-state index in [1.165, 1.54) is 6.33 Å². The standard InChI is InChI=1S/C20H20N6O/c21-19-10-18(24-13-25-19)14-3-5-15(6-4-14)20(27)26-9-1-2-16(11-26)17-7-8-22-12-23-17/h3-8,10,12-13,16H,1-2,9,11H2,(H2,21,24,25)/t16-/m1/s1. The molecule has 7 heteroatoms. The zero-order chi connectivity index (χ0) is 18.6. The first-order chi connectivity index (χ1) is 13.2. The molecule has 0 aliphatic carbocycles. The zero-order valence-electron chi connectivity index (χ0n) is 14.8. The van der Waals surface area contributed by atoms with Crippen molar-refractivity contribution < 1.29 is 4.79 Å². The number of carbonyl (C=O) groups excluding carboxylic acids is 1. The van der Waals surface area contributed by atoms with Crippen LogP contribution in [0.15, 0.2) is 55.2 Å². The summed E-state index contributed by atoms with van der Waals surface area (Å²) in [7, 11) is 0. The highest BCUT2D eigenvalue weighted by molar-refractivity contribution is 5.94. The maximum Gasteiger partial charge on any atom is 0.253 e. The predicted octanol–water partition coefficient (Wildman–Crippen LogP) is 2.54. The first-order valence-electron chi connectivity index (χ1n) is 8.94. The second-order valence-corrected chi connectivity index (χ2v) is 6.63. The zero-order valence-corrected chi connectivity index (χ0v) is 14.8. The number of rotatable bonds is 3. The summed E-state index contributed by atoms with van der Waals surface area (Å²) >= 11 is 0. The monoisotopic (exact) mass is 360 g/mol. The Bertz CT molecular complexity index is 929. The Kier molecular flexibility index (Phi) is 4.74. The van der Waals surface area contributed by atoms with E-state index in [9.17, 15) is 4.79 Å². The quantitative estimate of drug-likeness (QED) is 0.771. The van der Waals surface area contributed by atoms with Crippen molar-refractivity contribution in [2.75, 3.05) is 18.8 Å². The second-order valence-electron chi connectivity index (χ2n) is 6.63. The number of amides is 1. The Hall–Kier alpha value is -3.35. The highest BCUT2D eigenvalue weighted by atomic mass is 16.2. The normalized spacial score (nSPS) is 16.9. The number of nitrogens with two attached hydrogens (primary N) is 1. The van der Waals surface area contributed by atoms with Crippen LogP contribution in [-0.4, -0.2) is 43.8 Å². The molecule has 0 radical (unpaired) electrons. The van der Waals surface area contributed by atoms with Gasteiger partial charge in [-0.3, -0.25) is 4.79 Å². The third kappa shape index (κ3) is 3.76. The van der Waals surface area contributed by atoms with Crippen molar-refractivity contribution in [1.82, 2.24) is 24.8 Å². The fourth-order valence-corrected chi connectivity index (χ4v) is 3.44. The Labute approximate surface area is 157 Å². The summed E-state index contributed by atoms with van der Waals surface area (Å²) in [5.74, 6) is 0.723. The lowest BCUT2D eigenvalue weighted by Gasteiger charge is -2.32. The predicted molar refractivity (Wildman–Crippen MR) is 102 cm³/mol. The van der Waals surface area contributed by atoms with Crippen LogP contribution in [0.5, 0.6) is 0 Å². The Morgan fingerprint density at radius 1 is 1.07 bits per heavy atom. The maximum absolute atomic E-state index is 12.9. The molecule has 1 amide bonds. The lowest BCUT2D eigenvalue weighted by atomic mass is 9.94. The van der Waals surface area contributed by atoms with Crippen LogP contribution in [0, 0.1) is 0 Å². The average molecular weight is 360 g/mol. The van der Waals surface area contributed by atoms with Gasteiger partial charge in [0.1, 0.15) is 18.5 Å². The number of nitrogens with zero attached hydrogens (tertiary/aromatic N) is 5. The van der Waals surface area contributed by atoms with Gasteiger partial charge in [-0.05, 0) is 31.0 Å². The van der Waals surface area contributed by atoms with Crippen molar-refractivity contribution in [2.24, 2.45) is 0 Å². The fourth-order valence-electron chi connectivity index (χ4n) is 3.44. The topological polar surface area (TPSA) is 97.9 Å². The molecule has 7 nitrogen and oxygen atoms in total. The SMILES string of the molecule is Nc1cc(-c2ccc(C(=O)N3CCC[C@@H](c4ccncn4)C3)cc2)ncn1. The van der Waals surface area contributed by atoms with Gasteiger partial charge in [-0.25, -0.2) is 19.9 Å². The van der Waals surface area contributed by atoms with Gasteiger partial charge in [0.15, 0.2) is 0 Å². The van der Waals surface area contributed by atoms with Gasteiger partial charge in [0.25, 0.3) is 5.91 Å². The van der Waals surface area contributed by atoms with E-state index in [0.29, 0.717) is 17.9 Å². The molecular weight excluding hydrogens is 340 g/mol. The molecule has 3 aromatic rings. The van der Waals surface area contributed by atoms with Crippen LogP contribution < -0.4 is 5.73 Å². The Balaban J connectivity index is 1.49. The summed E-state index contributed by atoms with van der Waals surface area (Å²) in [4.78, 5) is 31.3. The van der Waals surface area contributed by atoms with Gasteiger partial charge in [-0.2, -0.15) is 0 Å². The minimum absolute atomic E-state index is 0.0440. The van der Waals surface area contributed by atoms with Crippen molar-refractivity contribution in [1.29, 1.82) is 0 Å². The second kappa shape index (κ2) is 7.49. The number of nitrogen functional groups attached to an aromatic ring is 1. The molecule has 0 unspecified atom stereocenters. The van der Waals surface area contributed by atoms with E-state index < -0.39 is 0 Å². The number of likely N-dealkylation sites (tertiary alicyclic amines) is 1. The van der Waals surface area contributed by atoms with Gasteiger partial charge in [0.2, 0.25) is 0 Å². The third-order valence-electron chi connectivity index (χ3n) is 4.85. The molecule has 1 aliphatic heterocycles. The largest absolute Gasteiger partial charge is 0.384 e. The minimum atomic E-state index is 0.0440. The number of hydrogen-bond donors (Lipinski definition) is 1. The molecule has 2 N–H and O–H groups in total. The average Bonchev–Trinajstić information content (AvgIpc) is 2.74. The van der Waals surface area contributed by atoms with E-state index in [1.54, 1.807) is 18.6 Å². The van der Waals surface area contributed by atoms with Gasteiger partial charge in [0.05, 0.1) is 5.69 Å². The summed E-state index contributed by atoms with van der Waals surface area (Å²) in [6, 6.07) is 11.1. The Morgan fingerprint density at radius 3 is 2.67 bits per heavy atom. The first-order valence-corrected chi connectivity index (χ1v) is 8.94. The highest BCUT2D eigenvalue weighted by Gasteiger charge is 2.26. The van der Waals surface area contributed by atoms with Crippen molar-refractivity contribution in [2.45, 2.75) is 18.8 Å². The van der Waals surface area contributed by atoms with Crippen molar-refractivity contribution in [3.05, 3.63) is 66.5 Å². The summed E-state index contributed by atoms with van der Waals surface area (Å²) in [5, 5.41) is 0. The highest BCUT2D eigenvalue weighted by Crippen LogP contribution is 2.26. The molecule has 0 saturated carbocycles. The van der Waals surface area contributed by atoms with Gasteiger partial charge < -0.3 is 10.6 Å². The molecule has 136 valence electrons. The van der Waals surface area contributed by atoms with Crippen LogP contribution in [0.3, 0.4) is 0 Å². The van der Waals surface area contributed by atoms with Crippen LogP contribution in [0.4, 0.5) is 5.82 Å². The van der Waals surface area contributed by atoms with Crippen LogP contribution in [0.25, 0.3) is 11.3 Å². The van der Waals surface area contributed by atoms with Crippen LogP contribution >= 0.6 is 0 Å². The molecule has 4 rings (SSSR count). The number of anilines is 1. The molecule has 2 aromatic heterocycles. The molecule has 1 saturated heterocycles. The molecule has 0 spiro atoms. The van der Waals surface area contributed by atoms with Crippen LogP contribution in [-0.2, 0) is 0 Å². The van der Waals surface area contributed by atoms with Gasteiger partial charge in [0, 0.05) is 48.1 Å². The van der Waals surface area contributed by atoms with Crippen molar-refractivity contribution in [3.8, 4) is 11.3 Å². The van der Waals surface area contributed by atoms with Gasteiger partial charge in [-0.1, -0.05) is 12.1 Å². The van der Waals surface area contributed by atoms with Crippen LogP contribution in [0.1, 0.15) is 34.8 Å². The summed E-state index contributed by atoms with van der Waals surface area (Å²) in [6.45, 7) is 1.45. The molecule has 3 heterocycles. The third-order valence-corrected chi connectivity index (χ3v) is 4.85. The smallest absolute Gasteiger partial charge is 0.253 e. The number of carbonyl (C=O) groups is 1. The van der Waals surface area contributed by atoms with E-state index in [0.717, 1.165) is 36.3 Å². The van der Waals surface area contributed by atoms with E-state index in [1.807, 2.05) is 35.2 Å². The molecule has 0 bridgehead atoms. The molecule has 1 fully saturated rings. The maximum atomic E-state index is 12.9. The van der Waals surface area contributed by atoms with E-state index in [-0.39, 0.29) is 11.8 Å². The lowest BCUT2D eigenvalue weighted by molar-refractivity contribution is 0.0706. The fraction of sp³-hybridized carbons (Fsp3) is 0.250. The lowest BCUT2D eigenvalue weighted by Crippen LogP contribution is -2.39. The summed E-state index contributed by atoms with van der Waals surface area (Å²) < 4.78 is 0. The number of benzene rings is 1. The number of hydrogen-bond acceptors (Lipinski definition) is 6. The van der Waals surface area contributed by atoms with Gasteiger partial charge >= 0.3 is 0 Å². The van der Waals surface area contributed by atoms with E-state index in [2.05, 4.69) is 19.9 Å². The summed E-state index contributed by atoms with van der Waals surface area (Å²) in [6.07, 6.45) is 6.76. The van der Waals surface area contributed by atoms with Crippen molar-refractivity contribution in [3.63, 3.8) is 0 Å². The molecule has 27 heavy (non-hydrogen) atoms. The van der Waals surface area contributed by atoms with E-state index >= 15 is 0 Å². The molecule has 1 aliphatic rings. The molecular formula is C20H20N6O. The Morgan fingerprint density at radius 2 is 1.93 bits per heavy atom. The molecule has 1 atom stereocenters. The minimum Gasteiger partial charge on any atom is -0.384 e.